The SMILES string of the molecule is CN(Cc1ccc(C(F)(F)F)nc1)c1ccccc1. The molecule has 0 saturated carbocycles. The number of pyridine rings is 1. The summed E-state index contributed by atoms with van der Waals surface area (Å²) < 4.78 is 37.1. The summed E-state index contributed by atoms with van der Waals surface area (Å²) in [4.78, 5) is 5.39. The van der Waals surface area contributed by atoms with Crippen molar-refractivity contribution in [3.05, 3.63) is 59.9 Å². The van der Waals surface area contributed by atoms with Gasteiger partial charge in [-0.15, -0.1) is 0 Å². The molecule has 0 aliphatic heterocycles. The highest BCUT2D eigenvalue weighted by molar-refractivity contribution is 5.45. The molecule has 2 rings (SSSR count). The molecule has 0 spiro atoms. The number of aromatic nitrogens is 1. The van der Waals surface area contributed by atoms with Crippen molar-refractivity contribution < 1.29 is 13.2 Å². The van der Waals surface area contributed by atoms with E-state index in [0.717, 1.165) is 17.3 Å². The van der Waals surface area contributed by atoms with Crippen molar-refractivity contribution in [2.45, 2.75) is 12.7 Å². The van der Waals surface area contributed by atoms with Gasteiger partial charge in [0.15, 0.2) is 0 Å². The largest absolute Gasteiger partial charge is 0.433 e. The lowest BCUT2D eigenvalue weighted by Crippen LogP contribution is -2.16. The van der Waals surface area contributed by atoms with Gasteiger partial charge in [0, 0.05) is 25.5 Å². The molecule has 1 heterocycles. The molecule has 19 heavy (non-hydrogen) atoms. The van der Waals surface area contributed by atoms with E-state index in [1.807, 2.05) is 42.3 Å². The highest BCUT2D eigenvalue weighted by Gasteiger charge is 2.31. The lowest BCUT2D eigenvalue weighted by molar-refractivity contribution is -0.141. The van der Waals surface area contributed by atoms with Crippen LogP contribution in [-0.4, -0.2) is 12.0 Å². The molecule has 0 saturated heterocycles. The average Bonchev–Trinajstić information content (AvgIpc) is 2.39. The van der Waals surface area contributed by atoms with Crippen LogP contribution in [0.25, 0.3) is 0 Å². The lowest BCUT2D eigenvalue weighted by atomic mass is 10.2. The summed E-state index contributed by atoms with van der Waals surface area (Å²) in [6.45, 7) is 0.509. The van der Waals surface area contributed by atoms with Crippen LogP contribution in [0.15, 0.2) is 48.7 Å². The number of hydrogen-bond donors (Lipinski definition) is 0. The van der Waals surface area contributed by atoms with Gasteiger partial charge in [0.25, 0.3) is 0 Å². The van der Waals surface area contributed by atoms with Crippen LogP contribution in [0.2, 0.25) is 0 Å². The van der Waals surface area contributed by atoms with Gasteiger partial charge in [0.05, 0.1) is 0 Å². The van der Waals surface area contributed by atoms with Crippen molar-refractivity contribution in [3.8, 4) is 0 Å². The Morgan fingerprint density at radius 3 is 2.26 bits per heavy atom. The maximum atomic E-state index is 12.4. The van der Waals surface area contributed by atoms with Crippen LogP contribution in [0.5, 0.6) is 0 Å². The minimum absolute atomic E-state index is 0.509. The second-order valence-electron chi connectivity index (χ2n) is 4.24. The molecule has 0 atom stereocenters. The Balaban J connectivity index is 2.08. The Morgan fingerprint density at radius 2 is 1.74 bits per heavy atom. The van der Waals surface area contributed by atoms with E-state index in [2.05, 4.69) is 4.98 Å². The first-order valence-corrected chi connectivity index (χ1v) is 5.75. The number of hydrogen-bond acceptors (Lipinski definition) is 2. The maximum absolute atomic E-state index is 12.4. The molecule has 0 aliphatic carbocycles. The molecule has 0 radical (unpaired) electrons. The van der Waals surface area contributed by atoms with Crippen LogP contribution in [-0.2, 0) is 12.7 Å². The number of nitrogens with zero attached hydrogens (tertiary/aromatic N) is 2. The van der Waals surface area contributed by atoms with Gasteiger partial charge in [-0.2, -0.15) is 13.2 Å². The van der Waals surface area contributed by atoms with E-state index < -0.39 is 11.9 Å². The molecule has 2 nitrogen and oxygen atoms in total. The van der Waals surface area contributed by atoms with Crippen LogP contribution < -0.4 is 4.90 Å². The van der Waals surface area contributed by atoms with Crippen LogP contribution in [0, 0.1) is 0 Å². The van der Waals surface area contributed by atoms with Gasteiger partial charge in [-0.3, -0.25) is 4.98 Å². The first-order chi connectivity index (χ1) is 8.97. The summed E-state index contributed by atoms with van der Waals surface area (Å²) in [5, 5.41) is 0. The van der Waals surface area contributed by atoms with Crippen LogP contribution in [0.3, 0.4) is 0 Å². The summed E-state index contributed by atoms with van der Waals surface area (Å²) in [6.07, 6.45) is -3.12. The Hall–Kier alpha value is -2.04. The quantitative estimate of drug-likeness (QED) is 0.841. The smallest absolute Gasteiger partial charge is 0.370 e. The molecule has 0 fully saturated rings. The van der Waals surface area contributed by atoms with Gasteiger partial charge >= 0.3 is 6.18 Å². The Bertz CT molecular complexity index is 521. The molecular weight excluding hydrogens is 253 g/mol. The topological polar surface area (TPSA) is 16.1 Å². The molecule has 0 bridgehead atoms. The third kappa shape index (κ3) is 3.47. The summed E-state index contributed by atoms with van der Waals surface area (Å²) in [5.74, 6) is 0. The minimum Gasteiger partial charge on any atom is -0.370 e. The third-order valence-electron chi connectivity index (χ3n) is 2.73. The fraction of sp³-hybridized carbons (Fsp3) is 0.214. The number of halogens is 3. The summed E-state index contributed by atoms with van der Waals surface area (Å²) >= 11 is 0. The summed E-state index contributed by atoms with van der Waals surface area (Å²) in [7, 11) is 1.88. The molecule has 0 aliphatic rings. The molecule has 1 aromatic heterocycles. The van der Waals surface area contributed by atoms with E-state index >= 15 is 0 Å². The first-order valence-electron chi connectivity index (χ1n) is 5.75. The molecule has 5 heteroatoms. The number of para-hydroxylation sites is 1. The zero-order chi connectivity index (χ0) is 13.9. The van der Waals surface area contributed by atoms with E-state index in [9.17, 15) is 13.2 Å². The lowest BCUT2D eigenvalue weighted by Gasteiger charge is -2.19. The molecule has 0 amide bonds. The van der Waals surface area contributed by atoms with Crippen molar-refractivity contribution in [2.24, 2.45) is 0 Å². The number of alkyl halides is 3. The second-order valence-corrected chi connectivity index (χ2v) is 4.24. The second kappa shape index (κ2) is 5.30. The monoisotopic (exact) mass is 266 g/mol. The molecule has 0 unspecified atom stereocenters. The average molecular weight is 266 g/mol. The zero-order valence-electron chi connectivity index (χ0n) is 10.4. The van der Waals surface area contributed by atoms with Gasteiger partial charge in [-0.05, 0) is 23.8 Å². The van der Waals surface area contributed by atoms with Crippen molar-refractivity contribution >= 4 is 5.69 Å². The van der Waals surface area contributed by atoms with E-state index in [0.29, 0.717) is 6.54 Å². The van der Waals surface area contributed by atoms with E-state index in [1.165, 1.54) is 12.3 Å². The van der Waals surface area contributed by atoms with Gasteiger partial charge < -0.3 is 4.90 Å². The van der Waals surface area contributed by atoms with Crippen molar-refractivity contribution in [2.75, 3.05) is 11.9 Å². The van der Waals surface area contributed by atoms with E-state index in [4.69, 9.17) is 0 Å². The predicted molar refractivity (Wildman–Crippen MR) is 67.8 cm³/mol. The van der Waals surface area contributed by atoms with E-state index in [1.54, 1.807) is 0 Å². The molecule has 100 valence electrons. The molecular formula is C14H13F3N2. The fourth-order valence-electron chi connectivity index (χ4n) is 1.73. The molecule has 2 aromatic rings. The molecule has 1 aromatic carbocycles. The van der Waals surface area contributed by atoms with Gasteiger partial charge in [0.1, 0.15) is 5.69 Å². The molecule has 0 N–H and O–H groups in total. The Morgan fingerprint density at radius 1 is 1.05 bits per heavy atom. The van der Waals surface area contributed by atoms with Gasteiger partial charge in [-0.1, -0.05) is 24.3 Å². The highest BCUT2D eigenvalue weighted by atomic mass is 19.4. The highest BCUT2D eigenvalue weighted by Crippen LogP contribution is 2.27. The Kier molecular flexibility index (Phi) is 3.74. The number of benzene rings is 1. The van der Waals surface area contributed by atoms with Crippen molar-refractivity contribution in [1.29, 1.82) is 0 Å². The minimum atomic E-state index is -4.39. The fourth-order valence-corrected chi connectivity index (χ4v) is 1.73. The van der Waals surface area contributed by atoms with Crippen LogP contribution >= 0.6 is 0 Å². The summed E-state index contributed by atoms with van der Waals surface area (Å²) in [6, 6.07) is 12.1. The van der Waals surface area contributed by atoms with Crippen LogP contribution in [0.4, 0.5) is 18.9 Å². The van der Waals surface area contributed by atoms with Crippen molar-refractivity contribution in [1.82, 2.24) is 4.98 Å². The normalized spacial score (nSPS) is 11.4. The standard InChI is InChI=1S/C14H13F3N2/c1-19(12-5-3-2-4-6-12)10-11-7-8-13(18-9-11)14(15,16)17/h2-9H,10H2,1H3. The zero-order valence-corrected chi connectivity index (χ0v) is 10.4. The predicted octanol–water partition coefficient (Wildman–Crippen LogP) is 3.74. The maximum Gasteiger partial charge on any atom is 0.433 e. The van der Waals surface area contributed by atoms with Crippen LogP contribution in [0.1, 0.15) is 11.3 Å². The third-order valence-corrected chi connectivity index (χ3v) is 2.73. The number of rotatable bonds is 3. The van der Waals surface area contributed by atoms with E-state index in [-0.39, 0.29) is 0 Å². The van der Waals surface area contributed by atoms with Crippen molar-refractivity contribution in [3.63, 3.8) is 0 Å². The first kappa shape index (κ1) is 13.4. The number of anilines is 1. The Labute approximate surface area is 109 Å². The van der Waals surface area contributed by atoms with Gasteiger partial charge in [0.2, 0.25) is 0 Å². The summed E-state index contributed by atoms with van der Waals surface area (Å²) in [5.41, 5.74) is 0.875. The van der Waals surface area contributed by atoms with Gasteiger partial charge in [-0.25, -0.2) is 0 Å².